The van der Waals surface area contributed by atoms with Crippen molar-refractivity contribution in [2.75, 3.05) is 13.6 Å². The average molecular weight is 325 g/mol. The lowest BCUT2D eigenvalue weighted by atomic mass is 10.3. The number of imidazole rings is 2. The van der Waals surface area contributed by atoms with Gasteiger partial charge in [0, 0.05) is 26.1 Å². The van der Waals surface area contributed by atoms with Crippen LogP contribution < -0.4 is 5.32 Å². The van der Waals surface area contributed by atoms with Gasteiger partial charge in [0.05, 0.1) is 16.7 Å². The van der Waals surface area contributed by atoms with Gasteiger partial charge in [0.2, 0.25) is 5.78 Å². The number of rotatable bonds is 3. The van der Waals surface area contributed by atoms with E-state index in [0.29, 0.717) is 0 Å². The molecule has 4 nitrogen and oxygen atoms in total. The molecule has 0 aliphatic heterocycles. The Morgan fingerprint density at radius 2 is 2.21 bits per heavy atom. The van der Waals surface area contributed by atoms with E-state index in [1.807, 2.05) is 23.1 Å². The molecule has 0 radical (unpaired) electrons. The molecule has 19 heavy (non-hydrogen) atoms. The third-order valence-electron chi connectivity index (χ3n) is 3.35. The highest BCUT2D eigenvalue weighted by atomic mass is 79.9. The highest BCUT2D eigenvalue weighted by molar-refractivity contribution is 9.10. The van der Waals surface area contributed by atoms with Crippen molar-refractivity contribution in [3.8, 4) is 0 Å². The van der Waals surface area contributed by atoms with Gasteiger partial charge >= 0.3 is 0 Å². The smallest absolute Gasteiger partial charge is 0.215 e. The maximum Gasteiger partial charge on any atom is 0.215 e. The number of hydrogen-bond acceptors (Lipinski definition) is 2. The first-order valence-electron chi connectivity index (χ1n) is 6.09. The molecule has 0 unspecified atom stereocenters. The fourth-order valence-corrected chi connectivity index (χ4v) is 3.17. The summed E-state index contributed by atoms with van der Waals surface area (Å²) in [5.41, 5.74) is 2.73. The predicted octanol–water partition coefficient (Wildman–Crippen LogP) is 2.49. The monoisotopic (exact) mass is 324 g/mol. The van der Waals surface area contributed by atoms with Crippen molar-refractivity contribution in [2.24, 2.45) is 7.05 Å². The van der Waals surface area contributed by atoms with E-state index in [4.69, 9.17) is 0 Å². The molecule has 0 aliphatic carbocycles. The predicted molar refractivity (Wildman–Crippen MR) is 77.0 cm³/mol. The van der Waals surface area contributed by atoms with Gasteiger partial charge in [0.15, 0.2) is 0 Å². The van der Waals surface area contributed by atoms with Crippen LogP contribution >= 0.6 is 15.9 Å². The summed E-state index contributed by atoms with van der Waals surface area (Å²) in [5.74, 6) is 0.570. The van der Waals surface area contributed by atoms with Gasteiger partial charge in [-0.15, -0.1) is 0 Å². The third kappa shape index (κ3) is 1.86. The van der Waals surface area contributed by atoms with Gasteiger partial charge in [0.1, 0.15) is 10.4 Å². The fourth-order valence-electron chi connectivity index (χ4n) is 2.36. The molecule has 0 spiro atoms. The van der Waals surface area contributed by atoms with Crippen molar-refractivity contribution in [3.63, 3.8) is 0 Å². The number of hydrogen-bond donors (Lipinski definition) is 1. The maximum absolute atomic E-state index is 13.4. The molecule has 0 amide bonds. The van der Waals surface area contributed by atoms with Gasteiger partial charge in [-0.2, -0.15) is 0 Å². The zero-order chi connectivity index (χ0) is 13.6. The zero-order valence-corrected chi connectivity index (χ0v) is 12.3. The van der Waals surface area contributed by atoms with Crippen LogP contribution in [0, 0.1) is 5.82 Å². The van der Waals surface area contributed by atoms with Crippen LogP contribution in [0.3, 0.4) is 0 Å². The minimum atomic E-state index is -0.248. The van der Waals surface area contributed by atoms with E-state index in [2.05, 4.69) is 26.2 Å². The minimum absolute atomic E-state index is 0.248. The summed E-state index contributed by atoms with van der Waals surface area (Å²) in [7, 11) is 3.90. The lowest BCUT2D eigenvalue weighted by Gasteiger charge is -2.02. The molecule has 0 fully saturated rings. The molecule has 6 heteroatoms. The molecule has 0 bridgehead atoms. The molecule has 0 saturated heterocycles. The van der Waals surface area contributed by atoms with E-state index in [9.17, 15) is 4.39 Å². The van der Waals surface area contributed by atoms with Crippen LogP contribution in [0.25, 0.3) is 16.8 Å². The summed E-state index contributed by atoms with van der Waals surface area (Å²) < 4.78 is 18.3. The van der Waals surface area contributed by atoms with Crippen molar-refractivity contribution in [2.45, 2.75) is 6.42 Å². The third-order valence-corrected chi connectivity index (χ3v) is 4.16. The second kappa shape index (κ2) is 4.61. The Morgan fingerprint density at radius 1 is 1.42 bits per heavy atom. The van der Waals surface area contributed by atoms with Crippen LogP contribution in [-0.2, 0) is 13.5 Å². The summed E-state index contributed by atoms with van der Waals surface area (Å²) in [6.45, 7) is 0.881. The van der Waals surface area contributed by atoms with Gasteiger partial charge in [-0.05, 0) is 35.1 Å². The highest BCUT2D eigenvalue weighted by Gasteiger charge is 2.17. The molecule has 1 N–H and O–H groups in total. The van der Waals surface area contributed by atoms with Gasteiger partial charge < -0.3 is 9.88 Å². The Morgan fingerprint density at radius 3 is 2.95 bits per heavy atom. The number of fused-ring (bicyclic) bond motifs is 3. The highest BCUT2D eigenvalue weighted by Crippen LogP contribution is 2.27. The maximum atomic E-state index is 13.4. The van der Waals surface area contributed by atoms with E-state index >= 15 is 0 Å². The SMILES string of the molecule is CNCCc1c(Br)n2c3cc(F)ccc3nc2n1C. The Bertz CT molecular complexity index is 759. The first kappa shape index (κ1) is 12.6. The number of nitrogens with one attached hydrogen (secondary N) is 1. The summed E-state index contributed by atoms with van der Waals surface area (Å²) in [4.78, 5) is 4.55. The molecule has 0 saturated carbocycles. The second-order valence-corrected chi connectivity index (χ2v) is 5.28. The van der Waals surface area contributed by atoms with Crippen LogP contribution in [0.2, 0.25) is 0 Å². The summed E-state index contributed by atoms with van der Waals surface area (Å²) in [5, 5.41) is 3.13. The van der Waals surface area contributed by atoms with Crippen LogP contribution in [0.1, 0.15) is 5.69 Å². The lowest BCUT2D eigenvalue weighted by Crippen LogP contribution is -2.12. The topological polar surface area (TPSA) is 34.3 Å². The first-order valence-corrected chi connectivity index (χ1v) is 6.88. The molecular weight excluding hydrogens is 311 g/mol. The quantitative estimate of drug-likeness (QED) is 0.803. The number of aryl methyl sites for hydroxylation is 1. The van der Waals surface area contributed by atoms with Crippen molar-refractivity contribution in [3.05, 3.63) is 34.3 Å². The van der Waals surface area contributed by atoms with Gasteiger partial charge in [-0.3, -0.25) is 4.40 Å². The van der Waals surface area contributed by atoms with E-state index < -0.39 is 0 Å². The Hall–Kier alpha value is -1.40. The zero-order valence-electron chi connectivity index (χ0n) is 10.7. The van der Waals surface area contributed by atoms with Gasteiger partial charge in [-0.1, -0.05) is 0 Å². The van der Waals surface area contributed by atoms with Crippen LogP contribution in [0.15, 0.2) is 22.8 Å². The number of aromatic nitrogens is 3. The van der Waals surface area contributed by atoms with Gasteiger partial charge in [0.25, 0.3) is 0 Å². The standard InChI is InChI=1S/C13H14BrFN4/c1-16-6-5-10-12(14)19-11-7-8(15)3-4-9(11)17-13(19)18(10)2/h3-4,7,16H,5-6H2,1-2H3. The molecule has 0 atom stereocenters. The second-order valence-electron chi connectivity index (χ2n) is 4.53. The number of halogens is 2. The summed E-state index contributed by atoms with van der Waals surface area (Å²) in [6.07, 6.45) is 0.883. The van der Waals surface area contributed by atoms with Gasteiger partial charge in [-0.25, -0.2) is 9.37 Å². The Labute approximate surface area is 118 Å². The van der Waals surface area contributed by atoms with E-state index in [1.54, 1.807) is 6.07 Å². The lowest BCUT2D eigenvalue weighted by molar-refractivity contribution is 0.629. The molecule has 1 aromatic carbocycles. The van der Waals surface area contributed by atoms with Crippen LogP contribution in [0.5, 0.6) is 0 Å². The number of benzene rings is 1. The molecule has 2 aromatic heterocycles. The van der Waals surface area contributed by atoms with Crippen molar-refractivity contribution >= 4 is 32.7 Å². The number of nitrogens with zero attached hydrogens (tertiary/aromatic N) is 3. The minimum Gasteiger partial charge on any atom is -0.319 e. The molecular formula is C13H14BrFN4. The van der Waals surface area contributed by atoms with Crippen LogP contribution in [-0.4, -0.2) is 27.5 Å². The molecule has 0 aliphatic rings. The molecule has 2 heterocycles. The van der Waals surface area contributed by atoms with Crippen LogP contribution in [0.4, 0.5) is 4.39 Å². The first-order chi connectivity index (χ1) is 9.13. The largest absolute Gasteiger partial charge is 0.319 e. The van der Waals surface area contributed by atoms with Crippen molar-refractivity contribution in [1.29, 1.82) is 0 Å². The summed E-state index contributed by atoms with van der Waals surface area (Å²) >= 11 is 3.61. The van der Waals surface area contributed by atoms with E-state index in [0.717, 1.165) is 40.1 Å². The molecule has 3 aromatic rings. The van der Waals surface area contributed by atoms with E-state index in [-0.39, 0.29) is 5.82 Å². The normalized spacial score (nSPS) is 11.8. The average Bonchev–Trinajstić information content (AvgIpc) is 2.86. The Kier molecular flexibility index (Phi) is 3.06. The Balaban J connectivity index is 2.30. The summed E-state index contributed by atoms with van der Waals surface area (Å²) in [6, 6.07) is 4.66. The molecule has 3 rings (SSSR count). The van der Waals surface area contributed by atoms with Crippen molar-refractivity contribution < 1.29 is 4.39 Å². The number of likely N-dealkylation sites (N-methyl/N-ethyl adjacent to an activating group) is 1. The molecule has 100 valence electrons. The van der Waals surface area contributed by atoms with E-state index in [1.165, 1.54) is 12.1 Å². The van der Waals surface area contributed by atoms with Crippen molar-refractivity contribution in [1.82, 2.24) is 19.3 Å². The fraction of sp³-hybridized carbons (Fsp3) is 0.308.